The van der Waals surface area contributed by atoms with Crippen LogP contribution in [0.25, 0.3) is 21.3 Å². The van der Waals surface area contributed by atoms with Crippen LogP contribution in [-0.4, -0.2) is 31.8 Å². The quantitative estimate of drug-likeness (QED) is 0.538. The highest BCUT2D eigenvalue weighted by Gasteiger charge is 2.20. The van der Waals surface area contributed by atoms with Crippen molar-refractivity contribution in [2.75, 3.05) is 7.11 Å². The van der Waals surface area contributed by atoms with Crippen LogP contribution in [0.5, 0.6) is 10.8 Å². The third-order valence-electron chi connectivity index (χ3n) is 3.30. The first-order chi connectivity index (χ1) is 12.0. The second-order valence-corrected chi connectivity index (χ2v) is 7.00. The molecule has 0 aliphatic heterocycles. The fourth-order valence-corrected chi connectivity index (χ4v) is 3.71. The minimum absolute atomic E-state index is 0.174. The van der Waals surface area contributed by atoms with Crippen molar-refractivity contribution in [3.05, 3.63) is 36.3 Å². The Hall–Kier alpha value is -2.36. The summed E-state index contributed by atoms with van der Waals surface area (Å²) in [5, 5.41) is 0.396. The molecule has 3 rings (SSSR count). The summed E-state index contributed by atoms with van der Waals surface area (Å²) in [6, 6.07) is 7.28. The SMILES string of the molecule is COc1cccc(-c2c(OC(C)=O)sc3cnc(CS(=O)O)nc23)c1. The smallest absolute Gasteiger partial charge is 0.308 e. The van der Waals surface area contributed by atoms with Crippen molar-refractivity contribution in [3.63, 3.8) is 0 Å². The topological polar surface area (TPSA) is 98.6 Å². The van der Waals surface area contributed by atoms with Crippen molar-refractivity contribution < 1.29 is 23.0 Å². The van der Waals surface area contributed by atoms with E-state index in [-0.39, 0.29) is 11.6 Å². The highest BCUT2D eigenvalue weighted by Crippen LogP contribution is 2.44. The molecule has 1 unspecified atom stereocenters. The third kappa shape index (κ3) is 3.84. The van der Waals surface area contributed by atoms with Crippen molar-refractivity contribution in [1.29, 1.82) is 0 Å². The summed E-state index contributed by atoms with van der Waals surface area (Å²) in [7, 11) is 1.56. The highest BCUT2D eigenvalue weighted by molar-refractivity contribution is 7.78. The monoisotopic (exact) mass is 378 g/mol. The van der Waals surface area contributed by atoms with Crippen LogP contribution in [0.2, 0.25) is 0 Å². The average molecular weight is 378 g/mol. The maximum Gasteiger partial charge on any atom is 0.308 e. The molecule has 1 N–H and O–H groups in total. The zero-order valence-corrected chi connectivity index (χ0v) is 15.0. The molecular weight excluding hydrogens is 364 g/mol. The zero-order valence-electron chi connectivity index (χ0n) is 13.4. The van der Waals surface area contributed by atoms with Gasteiger partial charge in [-0.25, -0.2) is 14.2 Å². The number of carbonyl (C=O) groups is 1. The lowest BCUT2D eigenvalue weighted by molar-refractivity contribution is -0.131. The number of carbonyl (C=O) groups excluding carboxylic acids is 1. The van der Waals surface area contributed by atoms with Crippen molar-refractivity contribution in [1.82, 2.24) is 9.97 Å². The molecule has 0 radical (unpaired) electrons. The molecule has 3 aromatic rings. The molecule has 25 heavy (non-hydrogen) atoms. The van der Waals surface area contributed by atoms with E-state index in [1.54, 1.807) is 25.4 Å². The molecule has 0 amide bonds. The number of thiophene rings is 1. The number of hydrogen-bond acceptors (Lipinski definition) is 7. The Balaban J connectivity index is 2.23. The van der Waals surface area contributed by atoms with Gasteiger partial charge in [0.2, 0.25) is 0 Å². The number of fused-ring (bicyclic) bond motifs is 1. The minimum Gasteiger partial charge on any atom is -0.497 e. The minimum atomic E-state index is -2.04. The summed E-state index contributed by atoms with van der Waals surface area (Å²) in [6.07, 6.45) is 1.56. The van der Waals surface area contributed by atoms with E-state index >= 15 is 0 Å². The Morgan fingerprint density at radius 1 is 1.40 bits per heavy atom. The lowest BCUT2D eigenvalue weighted by atomic mass is 10.1. The number of esters is 1. The number of aromatic nitrogens is 2. The number of hydrogen-bond donors (Lipinski definition) is 1. The molecule has 130 valence electrons. The van der Waals surface area contributed by atoms with Crippen molar-refractivity contribution in [2.45, 2.75) is 12.7 Å². The normalized spacial score (nSPS) is 12.1. The van der Waals surface area contributed by atoms with Gasteiger partial charge >= 0.3 is 5.97 Å². The van der Waals surface area contributed by atoms with Gasteiger partial charge in [0.1, 0.15) is 17.3 Å². The van der Waals surface area contributed by atoms with E-state index < -0.39 is 17.0 Å². The number of nitrogens with zero attached hydrogens (tertiary/aromatic N) is 2. The van der Waals surface area contributed by atoms with Crippen molar-refractivity contribution >= 4 is 38.6 Å². The molecule has 2 heterocycles. The van der Waals surface area contributed by atoms with Gasteiger partial charge in [-0.15, -0.1) is 0 Å². The van der Waals surface area contributed by atoms with Crippen molar-refractivity contribution in [2.24, 2.45) is 0 Å². The van der Waals surface area contributed by atoms with E-state index in [2.05, 4.69) is 9.97 Å². The fraction of sp³-hybridized carbons (Fsp3) is 0.188. The molecule has 0 aliphatic rings. The van der Waals surface area contributed by atoms with E-state index in [0.717, 1.165) is 5.56 Å². The van der Waals surface area contributed by atoms with E-state index in [9.17, 15) is 9.00 Å². The fourth-order valence-electron chi connectivity index (χ4n) is 2.32. The van der Waals surface area contributed by atoms with E-state index in [1.165, 1.54) is 18.3 Å². The average Bonchev–Trinajstić information content (AvgIpc) is 2.90. The molecule has 2 aromatic heterocycles. The maximum absolute atomic E-state index is 11.5. The molecule has 0 spiro atoms. The van der Waals surface area contributed by atoms with Crippen LogP contribution < -0.4 is 9.47 Å². The van der Waals surface area contributed by atoms with Crippen LogP contribution in [0.1, 0.15) is 12.7 Å². The van der Waals surface area contributed by atoms with Crippen LogP contribution >= 0.6 is 11.3 Å². The molecule has 0 bridgehead atoms. The Labute approximate surface area is 149 Å². The van der Waals surface area contributed by atoms with Crippen LogP contribution in [0.15, 0.2) is 30.5 Å². The second-order valence-electron chi connectivity index (χ2n) is 5.06. The molecule has 0 saturated heterocycles. The molecule has 1 aromatic carbocycles. The van der Waals surface area contributed by atoms with E-state index in [4.69, 9.17) is 14.0 Å². The molecule has 9 heteroatoms. The number of methoxy groups -OCH3 is 1. The molecular formula is C16H14N2O5S2. The summed E-state index contributed by atoms with van der Waals surface area (Å²) in [6.45, 7) is 1.33. The largest absolute Gasteiger partial charge is 0.497 e. The van der Waals surface area contributed by atoms with Crippen LogP contribution in [0.3, 0.4) is 0 Å². The molecule has 0 aliphatic carbocycles. The van der Waals surface area contributed by atoms with Gasteiger partial charge in [-0.2, -0.15) is 0 Å². The number of ether oxygens (including phenoxy) is 2. The van der Waals surface area contributed by atoms with E-state index in [1.807, 2.05) is 12.1 Å². The van der Waals surface area contributed by atoms with Crippen LogP contribution in [-0.2, 0) is 21.6 Å². The lowest BCUT2D eigenvalue weighted by Crippen LogP contribution is -2.01. The van der Waals surface area contributed by atoms with E-state index in [0.29, 0.717) is 26.6 Å². The van der Waals surface area contributed by atoms with Gasteiger partial charge in [-0.1, -0.05) is 23.5 Å². The van der Waals surface area contributed by atoms with Gasteiger partial charge < -0.3 is 14.0 Å². The summed E-state index contributed by atoms with van der Waals surface area (Å²) in [5.74, 6) is 0.271. The summed E-state index contributed by atoms with van der Waals surface area (Å²) in [5.41, 5.74) is 1.95. The Kier molecular flexibility index (Phi) is 5.07. The zero-order chi connectivity index (χ0) is 18.0. The molecule has 1 atom stereocenters. The van der Waals surface area contributed by atoms with Crippen molar-refractivity contribution in [3.8, 4) is 21.9 Å². The standard InChI is InChI=1S/C16H14N2O5S2/c1-9(19)23-16-14(10-4-3-5-11(6-10)22-2)15-12(24-16)7-17-13(18-15)8-25(20)21/h3-7H,8H2,1-2H3,(H,20,21). The predicted octanol–water partition coefficient (Wildman–Crippen LogP) is 3.01. The van der Waals surface area contributed by atoms with Gasteiger partial charge in [-0.05, 0) is 17.7 Å². The Morgan fingerprint density at radius 3 is 2.88 bits per heavy atom. The Bertz CT molecular complexity index is 970. The van der Waals surface area contributed by atoms with Gasteiger partial charge in [0, 0.05) is 13.1 Å². The van der Waals surface area contributed by atoms with Crippen LogP contribution in [0.4, 0.5) is 0 Å². The maximum atomic E-state index is 11.5. The first kappa shape index (κ1) is 17.5. The molecule has 0 fully saturated rings. The lowest BCUT2D eigenvalue weighted by Gasteiger charge is -2.06. The summed E-state index contributed by atoms with van der Waals surface area (Å²) in [4.78, 5) is 19.9. The summed E-state index contributed by atoms with van der Waals surface area (Å²) < 4.78 is 31.4. The first-order valence-corrected chi connectivity index (χ1v) is 9.26. The van der Waals surface area contributed by atoms with Crippen LogP contribution in [0, 0.1) is 0 Å². The van der Waals surface area contributed by atoms with Gasteiger partial charge in [-0.3, -0.25) is 4.79 Å². The number of rotatable bonds is 5. The Morgan fingerprint density at radius 2 is 2.20 bits per heavy atom. The number of benzene rings is 1. The second kappa shape index (κ2) is 7.26. The molecule has 0 saturated carbocycles. The molecule has 7 nitrogen and oxygen atoms in total. The predicted molar refractivity (Wildman–Crippen MR) is 95.2 cm³/mol. The highest BCUT2D eigenvalue weighted by atomic mass is 32.2. The van der Waals surface area contributed by atoms with Gasteiger partial charge in [0.15, 0.2) is 16.1 Å². The summed E-state index contributed by atoms with van der Waals surface area (Å²) >= 11 is -0.804. The third-order valence-corrected chi connectivity index (χ3v) is 4.79. The van der Waals surface area contributed by atoms with Gasteiger partial charge in [0.25, 0.3) is 0 Å². The van der Waals surface area contributed by atoms with Gasteiger partial charge in [0.05, 0.1) is 22.9 Å². The first-order valence-electron chi connectivity index (χ1n) is 7.16.